The highest BCUT2D eigenvalue weighted by molar-refractivity contribution is 9.10. The lowest BCUT2D eigenvalue weighted by atomic mass is 10.1. The topological polar surface area (TPSA) is 26.0 Å². The number of hydrogen-bond acceptors (Lipinski definition) is 1. The fourth-order valence-electron chi connectivity index (χ4n) is 1.26. The Kier molecular flexibility index (Phi) is 3.00. The van der Waals surface area contributed by atoms with Gasteiger partial charge < -0.3 is 5.73 Å². The second-order valence-electron chi connectivity index (χ2n) is 3.31. The maximum absolute atomic E-state index is 12.9. The van der Waals surface area contributed by atoms with Crippen molar-refractivity contribution in [3.05, 3.63) is 34.1 Å². The van der Waals surface area contributed by atoms with Crippen LogP contribution in [0.2, 0.25) is 0 Å². The normalized spacial score (nSPS) is 17.8. The molecule has 1 aromatic rings. The van der Waals surface area contributed by atoms with Crippen LogP contribution in [0.15, 0.2) is 22.7 Å². The van der Waals surface area contributed by atoms with E-state index in [1.54, 1.807) is 0 Å². The molecule has 4 heteroatoms. The number of rotatable bonds is 1. The first-order chi connectivity index (χ1) is 5.60. The fraction of sp³-hybridized carbons (Fsp3) is 0.333. The predicted molar refractivity (Wildman–Crippen MR) is 56.4 cm³/mol. The predicted octanol–water partition coefficient (Wildman–Crippen LogP) is 2.96. The van der Waals surface area contributed by atoms with E-state index in [0.717, 1.165) is 22.9 Å². The highest BCUT2D eigenvalue weighted by atomic mass is 79.9. The molecule has 0 unspecified atom stereocenters. The lowest BCUT2D eigenvalue weighted by molar-refractivity contribution is 0.617. The summed E-state index contributed by atoms with van der Waals surface area (Å²) >= 11 is 3.24. The lowest BCUT2D eigenvalue weighted by Gasteiger charge is -2.09. The van der Waals surface area contributed by atoms with Crippen molar-refractivity contribution < 1.29 is 4.39 Å². The van der Waals surface area contributed by atoms with Crippen molar-refractivity contribution in [1.29, 1.82) is 0 Å². The average molecular weight is 267 g/mol. The molecule has 0 heterocycles. The lowest BCUT2D eigenvalue weighted by Crippen LogP contribution is -2.18. The molecule has 1 aliphatic carbocycles. The zero-order chi connectivity index (χ0) is 8.77. The van der Waals surface area contributed by atoms with Crippen molar-refractivity contribution in [2.24, 2.45) is 5.73 Å². The Morgan fingerprint density at radius 3 is 2.38 bits per heavy atom. The van der Waals surface area contributed by atoms with Gasteiger partial charge in [-0.1, -0.05) is 15.9 Å². The minimum Gasteiger partial charge on any atom is -0.321 e. The Bertz CT molecular complexity index is 305. The van der Waals surface area contributed by atoms with Gasteiger partial charge in [-0.15, -0.1) is 12.4 Å². The van der Waals surface area contributed by atoms with Gasteiger partial charge in [-0.05, 0) is 36.6 Å². The molecule has 1 aliphatic rings. The van der Waals surface area contributed by atoms with E-state index in [1.165, 1.54) is 12.1 Å². The smallest absolute Gasteiger partial charge is 0.124 e. The Hall–Kier alpha value is -0.120. The van der Waals surface area contributed by atoms with Gasteiger partial charge in [-0.25, -0.2) is 4.39 Å². The van der Waals surface area contributed by atoms with E-state index in [9.17, 15) is 4.39 Å². The van der Waals surface area contributed by atoms with Crippen LogP contribution in [0, 0.1) is 5.82 Å². The SMILES string of the molecule is Cl.NC1(c2cc(F)cc(Br)c2)CC1. The molecule has 72 valence electrons. The van der Waals surface area contributed by atoms with Gasteiger partial charge in [0.15, 0.2) is 0 Å². The number of hydrogen-bond donors (Lipinski definition) is 1. The molecular formula is C9H10BrClFN. The third-order valence-corrected chi connectivity index (χ3v) is 2.68. The highest BCUT2D eigenvalue weighted by Crippen LogP contribution is 2.43. The average Bonchev–Trinajstić information content (AvgIpc) is 2.67. The molecule has 0 amide bonds. The standard InChI is InChI=1S/C9H9BrFN.ClH/c10-7-3-6(4-8(11)5-7)9(12)1-2-9;/h3-5H,1-2,12H2;1H. The molecule has 0 spiro atoms. The molecule has 1 aromatic carbocycles. The van der Waals surface area contributed by atoms with Crippen LogP contribution in [0.5, 0.6) is 0 Å². The monoisotopic (exact) mass is 265 g/mol. The van der Waals surface area contributed by atoms with Gasteiger partial charge in [0.05, 0.1) is 0 Å². The maximum atomic E-state index is 12.9. The molecule has 2 rings (SSSR count). The maximum Gasteiger partial charge on any atom is 0.124 e. The van der Waals surface area contributed by atoms with Gasteiger partial charge >= 0.3 is 0 Å². The van der Waals surface area contributed by atoms with Gasteiger partial charge in [-0.2, -0.15) is 0 Å². The molecule has 0 radical (unpaired) electrons. The molecule has 0 bridgehead atoms. The van der Waals surface area contributed by atoms with Gasteiger partial charge in [0.25, 0.3) is 0 Å². The first kappa shape index (κ1) is 11.0. The van der Waals surface area contributed by atoms with E-state index < -0.39 is 0 Å². The Morgan fingerprint density at radius 2 is 1.92 bits per heavy atom. The van der Waals surface area contributed by atoms with Crippen molar-refractivity contribution >= 4 is 28.3 Å². The van der Waals surface area contributed by atoms with Crippen molar-refractivity contribution in [1.82, 2.24) is 0 Å². The minimum atomic E-state index is -0.245. The third kappa shape index (κ3) is 2.22. The zero-order valence-electron chi connectivity index (χ0n) is 6.89. The van der Waals surface area contributed by atoms with Crippen molar-refractivity contribution in [3.8, 4) is 0 Å². The van der Waals surface area contributed by atoms with E-state index in [2.05, 4.69) is 15.9 Å². The fourth-order valence-corrected chi connectivity index (χ4v) is 1.73. The summed E-state index contributed by atoms with van der Waals surface area (Å²) in [5, 5.41) is 0. The van der Waals surface area contributed by atoms with Crippen LogP contribution in [-0.2, 0) is 5.54 Å². The molecular weight excluding hydrogens is 256 g/mol. The summed E-state index contributed by atoms with van der Waals surface area (Å²) in [6.07, 6.45) is 1.92. The van der Waals surface area contributed by atoms with Crippen molar-refractivity contribution in [3.63, 3.8) is 0 Å². The Morgan fingerprint density at radius 1 is 1.31 bits per heavy atom. The molecule has 1 fully saturated rings. The summed E-state index contributed by atoms with van der Waals surface area (Å²) in [7, 11) is 0. The summed E-state index contributed by atoms with van der Waals surface area (Å²) in [5.41, 5.74) is 6.57. The van der Waals surface area contributed by atoms with Crippen LogP contribution in [0.4, 0.5) is 4.39 Å². The van der Waals surface area contributed by atoms with Crippen LogP contribution in [0.25, 0.3) is 0 Å². The molecule has 0 atom stereocenters. The summed E-state index contributed by atoms with van der Waals surface area (Å²) in [5.74, 6) is -0.226. The summed E-state index contributed by atoms with van der Waals surface area (Å²) in [6, 6.07) is 4.84. The molecule has 2 N–H and O–H groups in total. The molecule has 1 saturated carbocycles. The van der Waals surface area contributed by atoms with E-state index in [0.29, 0.717) is 0 Å². The van der Waals surface area contributed by atoms with Crippen LogP contribution < -0.4 is 5.73 Å². The molecule has 0 aliphatic heterocycles. The Labute approximate surface area is 91.0 Å². The van der Waals surface area contributed by atoms with Crippen LogP contribution in [0.3, 0.4) is 0 Å². The van der Waals surface area contributed by atoms with Gasteiger partial charge in [-0.3, -0.25) is 0 Å². The molecule has 0 aromatic heterocycles. The van der Waals surface area contributed by atoms with E-state index >= 15 is 0 Å². The summed E-state index contributed by atoms with van der Waals surface area (Å²) in [4.78, 5) is 0. The van der Waals surface area contributed by atoms with Gasteiger partial charge in [0.1, 0.15) is 5.82 Å². The molecule has 0 saturated heterocycles. The quantitative estimate of drug-likeness (QED) is 0.831. The van der Waals surface area contributed by atoms with Crippen LogP contribution >= 0.6 is 28.3 Å². The molecule has 1 nitrogen and oxygen atoms in total. The van der Waals surface area contributed by atoms with Gasteiger partial charge in [0.2, 0.25) is 0 Å². The zero-order valence-corrected chi connectivity index (χ0v) is 9.29. The van der Waals surface area contributed by atoms with E-state index in [-0.39, 0.29) is 23.8 Å². The Balaban J connectivity index is 0.000000845. The third-order valence-electron chi connectivity index (χ3n) is 2.23. The first-order valence-corrected chi connectivity index (χ1v) is 4.65. The van der Waals surface area contributed by atoms with Gasteiger partial charge in [0, 0.05) is 10.0 Å². The first-order valence-electron chi connectivity index (χ1n) is 3.86. The number of halogens is 3. The van der Waals surface area contributed by atoms with Crippen LogP contribution in [-0.4, -0.2) is 0 Å². The number of nitrogens with two attached hydrogens (primary N) is 1. The van der Waals surface area contributed by atoms with Crippen molar-refractivity contribution in [2.45, 2.75) is 18.4 Å². The minimum absolute atomic E-state index is 0. The number of benzene rings is 1. The van der Waals surface area contributed by atoms with Crippen molar-refractivity contribution in [2.75, 3.05) is 0 Å². The summed E-state index contributed by atoms with van der Waals surface area (Å²) in [6.45, 7) is 0. The van der Waals surface area contributed by atoms with E-state index in [4.69, 9.17) is 5.73 Å². The summed E-state index contributed by atoms with van der Waals surface area (Å²) < 4.78 is 13.7. The largest absolute Gasteiger partial charge is 0.321 e. The second-order valence-corrected chi connectivity index (χ2v) is 4.23. The molecule has 13 heavy (non-hydrogen) atoms. The second kappa shape index (κ2) is 3.56. The highest BCUT2D eigenvalue weighted by Gasteiger charge is 2.40. The van der Waals surface area contributed by atoms with Crippen LogP contribution in [0.1, 0.15) is 18.4 Å². The van der Waals surface area contributed by atoms with E-state index in [1.807, 2.05) is 6.07 Å².